The summed E-state index contributed by atoms with van der Waals surface area (Å²) < 4.78 is 12.5. The molecule has 0 fully saturated rings. The molecule has 0 radical (unpaired) electrons. The molecule has 0 aliphatic heterocycles. The van der Waals surface area contributed by atoms with Crippen molar-refractivity contribution in [3.63, 3.8) is 0 Å². The number of hydrogen-bond donors (Lipinski definition) is 0. The number of methoxy groups -OCH3 is 2. The van der Waals surface area contributed by atoms with Gasteiger partial charge in [-0.2, -0.15) is 5.10 Å². The molecule has 0 amide bonds. The average Bonchev–Trinajstić information content (AvgIpc) is 2.90. The average molecular weight is 283 g/mol. The van der Waals surface area contributed by atoms with E-state index in [-0.39, 0.29) is 0 Å². The molecule has 0 bridgehead atoms. The molecule has 1 aromatic carbocycles. The van der Waals surface area contributed by atoms with Crippen LogP contribution in [0.1, 0.15) is 11.4 Å². The van der Waals surface area contributed by atoms with Gasteiger partial charge in [-0.05, 0) is 37.6 Å². The molecule has 0 aliphatic carbocycles. The van der Waals surface area contributed by atoms with Crippen LogP contribution in [0.2, 0.25) is 0 Å². The second-order valence-electron chi connectivity index (χ2n) is 4.90. The predicted molar refractivity (Wildman–Crippen MR) is 81.0 cm³/mol. The van der Waals surface area contributed by atoms with Crippen molar-refractivity contribution in [3.8, 4) is 22.6 Å². The minimum absolute atomic E-state index is 0.693. The molecule has 0 unspecified atom stereocenters. The van der Waals surface area contributed by atoms with Crippen LogP contribution in [0, 0.1) is 13.8 Å². The van der Waals surface area contributed by atoms with E-state index in [0.717, 1.165) is 28.2 Å². The smallest absolute Gasteiger partial charge is 0.163 e. The van der Waals surface area contributed by atoms with Gasteiger partial charge in [-0.3, -0.25) is 0 Å². The zero-order valence-corrected chi connectivity index (χ0v) is 12.5. The molecule has 3 rings (SSSR count). The molecule has 0 spiro atoms. The summed E-state index contributed by atoms with van der Waals surface area (Å²) in [4.78, 5) is 4.60. The molecule has 5 heteroatoms. The van der Waals surface area contributed by atoms with Crippen LogP contribution in [-0.2, 0) is 0 Å². The lowest BCUT2D eigenvalue weighted by molar-refractivity contribution is 0.355. The zero-order chi connectivity index (χ0) is 15.0. The van der Waals surface area contributed by atoms with Crippen LogP contribution < -0.4 is 9.47 Å². The van der Waals surface area contributed by atoms with E-state index < -0.39 is 0 Å². The largest absolute Gasteiger partial charge is 0.493 e. The van der Waals surface area contributed by atoms with Crippen molar-refractivity contribution in [2.24, 2.45) is 0 Å². The Balaban J connectivity index is 2.21. The Labute approximate surface area is 123 Å². The molecule has 108 valence electrons. The Kier molecular flexibility index (Phi) is 3.25. The highest BCUT2D eigenvalue weighted by atomic mass is 16.5. The normalized spacial score (nSPS) is 10.9. The summed E-state index contributed by atoms with van der Waals surface area (Å²) in [5.74, 6) is 1.40. The summed E-state index contributed by atoms with van der Waals surface area (Å²) in [7, 11) is 3.26. The molecule has 2 aromatic heterocycles. The van der Waals surface area contributed by atoms with Gasteiger partial charge >= 0.3 is 0 Å². The van der Waals surface area contributed by atoms with Crippen LogP contribution >= 0.6 is 0 Å². The van der Waals surface area contributed by atoms with E-state index in [4.69, 9.17) is 9.47 Å². The van der Waals surface area contributed by atoms with Crippen LogP contribution in [0.3, 0.4) is 0 Å². The first-order valence-corrected chi connectivity index (χ1v) is 6.68. The third kappa shape index (κ3) is 2.20. The van der Waals surface area contributed by atoms with Crippen LogP contribution in [0.15, 0.2) is 30.5 Å². The van der Waals surface area contributed by atoms with Gasteiger partial charge in [0.05, 0.1) is 20.4 Å². The van der Waals surface area contributed by atoms with Gasteiger partial charge in [0.1, 0.15) is 0 Å². The van der Waals surface area contributed by atoms with Gasteiger partial charge in [0.25, 0.3) is 0 Å². The van der Waals surface area contributed by atoms with Crippen LogP contribution in [0.4, 0.5) is 0 Å². The van der Waals surface area contributed by atoms with Crippen molar-refractivity contribution in [1.29, 1.82) is 0 Å². The van der Waals surface area contributed by atoms with Crippen molar-refractivity contribution in [2.75, 3.05) is 14.2 Å². The van der Waals surface area contributed by atoms with Crippen molar-refractivity contribution < 1.29 is 9.47 Å². The number of aromatic nitrogens is 3. The van der Waals surface area contributed by atoms with E-state index >= 15 is 0 Å². The number of rotatable bonds is 3. The van der Waals surface area contributed by atoms with E-state index in [1.807, 2.05) is 48.8 Å². The Morgan fingerprint density at radius 1 is 1.00 bits per heavy atom. The molecule has 3 aromatic rings. The number of fused-ring (bicyclic) bond motifs is 1. The first kappa shape index (κ1) is 13.4. The van der Waals surface area contributed by atoms with Gasteiger partial charge in [0.2, 0.25) is 0 Å². The maximum Gasteiger partial charge on any atom is 0.163 e. The third-order valence-electron chi connectivity index (χ3n) is 3.47. The highest BCUT2D eigenvalue weighted by Gasteiger charge is 2.12. The number of benzene rings is 1. The summed E-state index contributed by atoms with van der Waals surface area (Å²) >= 11 is 0. The fourth-order valence-electron chi connectivity index (χ4n) is 2.48. The zero-order valence-electron chi connectivity index (χ0n) is 12.5. The quantitative estimate of drug-likeness (QED) is 0.741. The first-order chi connectivity index (χ1) is 10.1. The number of nitrogens with zero attached hydrogens (tertiary/aromatic N) is 3. The molecule has 2 heterocycles. The van der Waals surface area contributed by atoms with Gasteiger partial charge in [0.15, 0.2) is 17.1 Å². The highest BCUT2D eigenvalue weighted by Crippen LogP contribution is 2.33. The highest BCUT2D eigenvalue weighted by molar-refractivity contribution is 5.78. The lowest BCUT2D eigenvalue weighted by atomic mass is 10.1. The van der Waals surface area contributed by atoms with Gasteiger partial charge in [0, 0.05) is 17.0 Å². The van der Waals surface area contributed by atoms with E-state index in [1.165, 1.54) is 0 Å². The fourth-order valence-corrected chi connectivity index (χ4v) is 2.48. The van der Waals surface area contributed by atoms with Gasteiger partial charge in [-0.25, -0.2) is 9.50 Å². The van der Waals surface area contributed by atoms with Gasteiger partial charge < -0.3 is 9.47 Å². The van der Waals surface area contributed by atoms with Crippen LogP contribution in [0.25, 0.3) is 16.8 Å². The topological polar surface area (TPSA) is 48.7 Å². The van der Waals surface area contributed by atoms with Crippen molar-refractivity contribution in [3.05, 3.63) is 41.9 Å². The minimum atomic E-state index is 0.693. The third-order valence-corrected chi connectivity index (χ3v) is 3.47. The molecular weight excluding hydrogens is 266 g/mol. The number of ether oxygens (including phenoxy) is 2. The van der Waals surface area contributed by atoms with Gasteiger partial charge in [-0.15, -0.1) is 0 Å². The number of hydrogen-bond acceptors (Lipinski definition) is 4. The predicted octanol–water partition coefficient (Wildman–Crippen LogP) is 3.03. The Morgan fingerprint density at radius 2 is 1.76 bits per heavy atom. The van der Waals surface area contributed by atoms with Crippen LogP contribution in [-0.4, -0.2) is 28.8 Å². The maximum absolute atomic E-state index is 5.36. The second kappa shape index (κ2) is 5.09. The van der Waals surface area contributed by atoms with Crippen molar-refractivity contribution in [1.82, 2.24) is 14.6 Å². The maximum atomic E-state index is 5.36. The molecule has 0 aliphatic rings. The molecular formula is C16H17N3O2. The Hall–Kier alpha value is -2.56. The Bertz CT molecular complexity index is 809. The van der Waals surface area contributed by atoms with Crippen molar-refractivity contribution in [2.45, 2.75) is 13.8 Å². The SMILES string of the molecule is COc1ccc(-c2cnn3c(C)cc(C)nc23)cc1OC. The monoisotopic (exact) mass is 283 g/mol. The van der Waals surface area contributed by atoms with E-state index in [1.54, 1.807) is 14.2 Å². The molecule has 0 saturated heterocycles. The lowest BCUT2D eigenvalue weighted by Crippen LogP contribution is -1.97. The second-order valence-corrected chi connectivity index (χ2v) is 4.90. The fraction of sp³-hybridized carbons (Fsp3) is 0.250. The number of aryl methyl sites for hydroxylation is 2. The molecule has 0 saturated carbocycles. The van der Waals surface area contributed by atoms with Gasteiger partial charge in [-0.1, -0.05) is 6.07 Å². The summed E-state index contributed by atoms with van der Waals surface area (Å²) in [6.07, 6.45) is 1.83. The minimum Gasteiger partial charge on any atom is -0.493 e. The standard InChI is InChI=1S/C16H17N3O2/c1-10-7-11(2)19-16(18-10)13(9-17-19)12-5-6-14(20-3)15(8-12)21-4/h5-9H,1-4H3. The van der Waals surface area contributed by atoms with Crippen LogP contribution in [0.5, 0.6) is 11.5 Å². The van der Waals surface area contributed by atoms with E-state index in [2.05, 4.69) is 10.1 Å². The molecule has 21 heavy (non-hydrogen) atoms. The lowest BCUT2D eigenvalue weighted by Gasteiger charge is -2.09. The van der Waals surface area contributed by atoms with Crippen molar-refractivity contribution >= 4 is 5.65 Å². The summed E-state index contributed by atoms with van der Waals surface area (Å²) in [5.41, 5.74) is 4.86. The van der Waals surface area contributed by atoms with E-state index in [0.29, 0.717) is 11.5 Å². The first-order valence-electron chi connectivity index (χ1n) is 6.68. The summed E-state index contributed by atoms with van der Waals surface area (Å²) in [5, 5.41) is 4.42. The summed E-state index contributed by atoms with van der Waals surface area (Å²) in [6.45, 7) is 4.01. The summed E-state index contributed by atoms with van der Waals surface area (Å²) in [6, 6.07) is 7.83. The Morgan fingerprint density at radius 3 is 2.48 bits per heavy atom. The molecule has 0 N–H and O–H groups in total. The van der Waals surface area contributed by atoms with E-state index in [9.17, 15) is 0 Å². The molecule has 5 nitrogen and oxygen atoms in total. The molecule has 0 atom stereocenters.